The van der Waals surface area contributed by atoms with E-state index in [2.05, 4.69) is 20.5 Å². The number of hydrogen-bond acceptors (Lipinski definition) is 5. The predicted molar refractivity (Wildman–Crippen MR) is 139 cm³/mol. The Hall–Kier alpha value is -3.50. The zero-order valence-electron chi connectivity index (χ0n) is 21.2. The van der Waals surface area contributed by atoms with Crippen LogP contribution >= 0.6 is 0 Å². The molecule has 1 saturated heterocycles. The second kappa shape index (κ2) is 10.5. The number of amides is 3. The largest absolute Gasteiger partial charge is 0.375 e. The topological polar surface area (TPSA) is 107 Å². The molecule has 0 radical (unpaired) electrons. The van der Waals surface area contributed by atoms with Gasteiger partial charge in [-0.3, -0.25) is 14.4 Å². The number of nitrogens with one attached hydrogen (secondary N) is 3. The third kappa shape index (κ3) is 5.03. The first kappa shape index (κ1) is 25.2. The van der Waals surface area contributed by atoms with E-state index in [1.807, 2.05) is 11.8 Å². The molecule has 0 aliphatic carbocycles. The molecule has 3 aliphatic heterocycles. The fraction of sp³-hybridized carbons (Fsp3) is 0.444. The quantitative estimate of drug-likeness (QED) is 0.498. The molecule has 0 spiro atoms. The van der Waals surface area contributed by atoms with Gasteiger partial charge in [-0.1, -0.05) is 0 Å². The van der Waals surface area contributed by atoms with Crippen LogP contribution in [0.15, 0.2) is 12.1 Å². The Morgan fingerprint density at radius 3 is 2.70 bits per heavy atom. The summed E-state index contributed by atoms with van der Waals surface area (Å²) in [6.07, 6.45) is 5.72. The van der Waals surface area contributed by atoms with E-state index in [-0.39, 0.29) is 24.1 Å². The van der Waals surface area contributed by atoms with Gasteiger partial charge in [0, 0.05) is 43.7 Å². The number of ether oxygens (including phenoxy) is 1. The van der Waals surface area contributed by atoms with E-state index in [1.165, 1.54) is 32.1 Å². The number of benzene rings is 1. The standard InChI is InChI=1S/C27H32FN5O4/c1-16-21(29-20-6-5-9-33(27(36)25(16)20)11-10-32-7-3-4-8-32)13-18-17-12-19(28)23(30-24(34)15-37-2)14-22(17)31-26(18)35/h12-14,29H,3-11,15H2,1-2H3,(H,30,34)(H,31,35). The molecule has 3 amide bonds. The van der Waals surface area contributed by atoms with Crippen LogP contribution in [0.25, 0.3) is 11.6 Å². The van der Waals surface area contributed by atoms with Crippen molar-refractivity contribution in [3.05, 3.63) is 46.0 Å². The molecule has 5 rings (SSSR count). The lowest BCUT2D eigenvalue weighted by Crippen LogP contribution is -2.38. The number of nitrogens with zero attached hydrogens (tertiary/aromatic N) is 2. The second-order valence-electron chi connectivity index (χ2n) is 9.83. The molecule has 196 valence electrons. The smallest absolute Gasteiger partial charge is 0.256 e. The van der Waals surface area contributed by atoms with E-state index in [4.69, 9.17) is 4.74 Å². The number of likely N-dealkylation sites (tertiary alicyclic amines) is 1. The maximum Gasteiger partial charge on any atom is 0.256 e. The Morgan fingerprint density at radius 2 is 1.95 bits per heavy atom. The molecule has 0 atom stereocenters. The van der Waals surface area contributed by atoms with Crippen molar-refractivity contribution in [2.75, 3.05) is 57.1 Å². The average Bonchev–Trinajstić information content (AvgIpc) is 3.53. The Balaban J connectivity index is 1.41. The normalized spacial score (nSPS) is 18.7. The highest BCUT2D eigenvalue weighted by Crippen LogP contribution is 2.37. The molecule has 10 heteroatoms. The number of rotatable bonds is 7. The van der Waals surface area contributed by atoms with Gasteiger partial charge in [-0.25, -0.2) is 4.39 Å². The van der Waals surface area contributed by atoms with Crippen molar-refractivity contribution in [3.8, 4) is 0 Å². The summed E-state index contributed by atoms with van der Waals surface area (Å²) in [7, 11) is 1.37. The minimum absolute atomic E-state index is 0.0175. The van der Waals surface area contributed by atoms with Crippen molar-refractivity contribution in [2.24, 2.45) is 0 Å². The highest BCUT2D eigenvalue weighted by atomic mass is 19.1. The van der Waals surface area contributed by atoms with Crippen LogP contribution in [0, 0.1) is 12.7 Å². The summed E-state index contributed by atoms with van der Waals surface area (Å²) >= 11 is 0. The van der Waals surface area contributed by atoms with Crippen LogP contribution in [0.2, 0.25) is 0 Å². The van der Waals surface area contributed by atoms with E-state index >= 15 is 0 Å². The highest BCUT2D eigenvalue weighted by Gasteiger charge is 2.30. The van der Waals surface area contributed by atoms with Gasteiger partial charge in [0.05, 0.1) is 22.5 Å². The molecule has 1 aromatic carbocycles. The fourth-order valence-electron chi connectivity index (χ4n) is 5.40. The van der Waals surface area contributed by atoms with E-state index in [0.717, 1.165) is 50.3 Å². The van der Waals surface area contributed by atoms with Crippen molar-refractivity contribution < 1.29 is 23.5 Å². The van der Waals surface area contributed by atoms with E-state index in [1.54, 1.807) is 6.08 Å². The summed E-state index contributed by atoms with van der Waals surface area (Å²) in [6.45, 7) is 6.18. The maximum atomic E-state index is 14.8. The Kier molecular flexibility index (Phi) is 7.12. The predicted octanol–water partition coefficient (Wildman–Crippen LogP) is 3.02. The van der Waals surface area contributed by atoms with Crippen LogP contribution in [0.3, 0.4) is 0 Å². The molecule has 37 heavy (non-hydrogen) atoms. The number of fused-ring (bicyclic) bond motifs is 2. The first-order chi connectivity index (χ1) is 17.9. The van der Waals surface area contributed by atoms with Crippen molar-refractivity contribution >= 4 is 40.7 Å². The van der Waals surface area contributed by atoms with Crippen LogP contribution in [0.1, 0.15) is 52.1 Å². The molecule has 1 aromatic heterocycles. The number of carbonyl (C=O) groups excluding carboxylic acids is 3. The molecule has 9 nitrogen and oxygen atoms in total. The van der Waals surface area contributed by atoms with Gasteiger partial charge in [0.2, 0.25) is 5.91 Å². The Labute approximate surface area is 215 Å². The van der Waals surface area contributed by atoms with Crippen LogP contribution < -0.4 is 10.6 Å². The number of aryl methyl sites for hydroxylation is 1. The van der Waals surface area contributed by atoms with Crippen LogP contribution in [-0.2, 0) is 20.7 Å². The monoisotopic (exact) mass is 509 g/mol. The lowest BCUT2D eigenvalue weighted by molar-refractivity contribution is -0.119. The summed E-state index contributed by atoms with van der Waals surface area (Å²) < 4.78 is 19.6. The molecule has 0 unspecified atom stereocenters. The highest BCUT2D eigenvalue weighted by molar-refractivity contribution is 6.35. The maximum absolute atomic E-state index is 14.8. The van der Waals surface area contributed by atoms with Crippen molar-refractivity contribution in [1.82, 2.24) is 14.8 Å². The molecule has 0 bridgehead atoms. The minimum atomic E-state index is -0.659. The minimum Gasteiger partial charge on any atom is -0.375 e. The molecule has 3 aliphatic rings. The molecule has 0 saturated carbocycles. The summed E-state index contributed by atoms with van der Waals surface area (Å²) in [5.74, 6) is -1.51. The molecule has 1 fully saturated rings. The van der Waals surface area contributed by atoms with Gasteiger partial charge in [-0.2, -0.15) is 0 Å². The Bertz CT molecular complexity index is 1280. The van der Waals surface area contributed by atoms with Gasteiger partial charge < -0.3 is 30.2 Å². The summed E-state index contributed by atoms with van der Waals surface area (Å²) in [5, 5.41) is 5.19. The van der Waals surface area contributed by atoms with Crippen LogP contribution in [-0.4, -0.2) is 78.9 Å². The summed E-state index contributed by atoms with van der Waals surface area (Å²) in [6, 6.07) is 2.63. The number of aromatic amines is 1. The number of carbonyl (C=O) groups is 3. The summed E-state index contributed by atoms with van der Waals surface area (Å²) in [5.41, 5.74) is 4.05. The first-order valence-electron chi connectivity index (χ1n) is 12.7. The van der Waals surface area contributed by atoms with Gasteiger partial charge in [0.25, 0.3) is 11.8 Å². The molecule has 2 aromatic rings. The van der Waals surface area contributed by atoms with Crippen LogP contribution in [0.5, 0.6) is 0 Å². The van der Waals surface area contributed by atoms with Gasteiger partial charge in [0.1, 0.15) is 12.4 Å². The van der Waals surface area contributed by atoms with Crippen molar-refractivity contribution in [2.45, 2.75) is 32.6 Å². The van der Waals surface area contributed by atoms with Crippen molar-refractivity contribution in [1.29, 1.82) is 0 Å². The lowest BCUT2D eigenvalue weighted by atomic mass is 10.0. The van der Waals surface area contributed by atoms with Crippen LogP contribution in [0.4, 0.5) is 15.8 Å². The van der Waals surface area contributed by atoms with E-state index < -0.39 is 11.7 Å². The van der Waals surface area contributed by atoms with Gasteiger partial charge >= 0.3 is 0 Å². The lowest BCUT2D eigenvalue weighted by Gasteiger charge is -2.24. The van der Waals surface area contributed by atoms with Crippen molar-refractivity contribution in [3.63, 3.8) is 0 Å². The average molecular weight is 510 g/mol. The molecular formula is C27H32FN5O4. The number of anilines is 2. The third-order valence-corrected chi connectivity index (χ3v) is 7.34. The number of H-pyrrole nitrogens is 1. The van der Waals surface area contributed by atoms with Gasteiger partial charge in [0.15, 0.2) is 0 Å². The van der Waals surface area contributed by atoms with E-state index in [0.29, 0.717) is 34.6 Å². The number of halogens is 1. The summed E-state index contributed by atoms with van der Waals surface area (Å²) in [4.78, 5) is 45.8. The third-order valence-electron chi connectivity index (χ3n) is 7.34. The Morgan fingerprint density at radius 1 is 1.16 bits per heavy atom. The van der Waals surface area contributed by atoms with E-state index in [9.17, 15) is 18.8 Å². The number of hydrogen-bond donors (Lipinski definition) is 3. The zero-order valence-corrected chi connectivity index (χ0v) is 21.2. The number of methoxy groups -OCH3 is 1. The first-order valence-corrected chi connectivity index (χ1v) is 12.7. The van der Waals surface area contributed by atoms with Gasteiger partial charge in [-0.05, 0) is 69.5 Å². The zero-order chi connectivity index (χ0) is 26.1. The molecular weight excluding hydrogens is 477 g/mol. The molecule has 3 N–H and O–H groups in total. The molecule has 4 heterocycles. The van der Waals surface area contributed by atoms with Gasteiger partial charge in [-0.15, -0.1) is 0 Å². The SMILES string of the molecule is COCC(=O)Nc1cc2c(cc1F)C(=Cc1[nH]c3c(c1C)C(=O)N(CCN1CCCC1)CCC3)C(=O)N2. The fourth-order valence-corrected chi connectivity index (χ4v) is 5.40. The second-order valence-corrected chi connectivity index (χ2v) is 9.83. The number of aromatic nitrogens is 1.